The van der Waals surface area contributed by atoms with E-state index in [2.05, 4.69) is 15.4 Å². The minimum Gasteiger partial charge on any atom is -0.452 e. The van der Waals surface area contributed by atoms with Crippen molar-refractivity contribution in [3.05, 3.63) is 82.5 Å². The van der Waals surface area contributed by atoms with E-state index in [-0.39, 0.29) is 17.9 Å². The molecule has 0 aliphatic heterocycles. The van der Waals surface area contributed by atoms with E-state index < -0.39 is 11.6 Å². The number of nitrogens with zero attached hydrogens (tertiary/aromatic N) is 2. The number of ether oxygens (including phenoxy) is 1. The monoisotopic (exact) mass is 398 g/mol. The molecule has 9 heteroatoms. The third-order valence-electron chi connectivity index (χ3n) is 4.19. The van der Waals surface area contributed by atoms with Crippen LogP contribution in [0.3, 0.4) is 0 Å². The highest BCUT2D eigenvalue weighted by atomic mass is 19.1. The third-order valence-corrected chi connectivity index (χ3v) is 4.19. The number of pyridine rings is 1. The molecule has 0 aliphatic carbocycles. The number of halogens is 2. The van der Waals surface area contributed by atoms with Crippen molar-refractivity contribution in [1.82, 2.24) is 14.5 Å². The summed E-state index contributed by atoms with van der Waals surface area (Å²) in [7, 11) is 1.42. The Morgan fingerprint density at radius 3 is 2.79 bits per heavy atom. The van der Waals surface area contributed by atoms with Crippen LogP contribution in [-0.2, 0) is 11.4 Å². The van der Waals surface area contributed by atoms with E-state index >= 15 is 0 Å². The highest BCUT2D eigenvalue weighted by molar-refractivity contribution is 5.82. The summed E-state index contributed by atoms with van der Waals surface area (Å²) in [6.45, 7) is 0.178. The minimum atomic E-state index is -0.813. The number of H-pyrrole nitrogens is 1. The number of anilines is 1. The van der Waals surface area contributed by atoms with Gasteiger partial charge in [0.05, 0.1) is 19.2 Å². The first-order chi connectivity index (χ1) is 14.0. The molecule has 0 atom stereocenters. The molecule has 0 radical (unpaired) electrons. The van der Waals surface area contributed by atoms with Gasteiger partial charge in [0, 0.05) is 12.3 Å². The Morgan fingerprint density at radius 2 is 2.00 bits per heavy atom. The molecule has 0 unspecified atom stereocenters. The van der Waals surface area contributed by atoms with Crippen molar-refractivity contribution >= 4 is 16.7 Å². The first kappa shape index (κ1) is 18.6. The van der Waals surface area contributed by atoms with Crippen molar-refractivity contribution in [2.24, 2.45) is 0 Å². The number of imidazole rings is 1. The lowest BCUT2D eigenvalue weighted by Crippen LogP contribution is -2.23. The summed E-state index contributed by atoms with van der Waals surface area (Å²) >= 11 is 0. The van der Waals surface area contributed by atoms with Gasteiger partial charge in [-0.05, 0) is 36.4 Å². The smallest absolute Gasteiger partial charge is 0.276 e. The van der Waals surface area contributed by atoms with Gasteiger partial charge >= 0.3 is 0 Å². The maximum absolute atomic E-state index is 13.9. The second-order valence-corrected chi connectivity index (χ2v) is 6.17. The highest BCUT2D eigenvalue weighted by Gasteiger charge is 2.13. The zero-order chi connectivity index (χ0) is 20.4. The molecule has 0 saturated carbocycles. The molecular formula is C20H16F2N4O3. The highest BCUT2D eigenvalue weighted by Crippen LogP contribution is 2.30. The largest absolute Gasteiger partial charge is 0.452 e. The van der Waals surface area contributed by atoms with E-state index in [4.69, 9.17) is 9.57 Å². The predicted octanol–water partition coefficient (Wildman–Crippen LogP) is 3.82. The molecule has 0 amide bonds. The van der Waals surface area contributed by atoms with Gasteiger partial charge in [0.25, 0.3) is 5.56 Å². The lowest BCUT2D eigenvalue weighted by atomic mass is 10.3. The molecule has 2 aromatic heterocycles. The second-order valence-electron chi connectivity index (χ2n) is 6.17. The number of para-hydroxylation sites is 1. The number of aromatic amines is 1. The maximum atomic E-state index is 13.9. The SMILES string of the molecule is CONc1cccn(Cc2nc3c(Oc4ccc(F)cc4F)cccc3[nH]2)c1=O. The van der Waals surface area contributed by atoms with Crippen LogP contribution >= 0.6 is 0 Å². The van der Waals surface area contributed by atoms with Crippen molar-refractivity contribution in [3.8, 4) is 11.5 Å². The quantitative estimate of drug-likeness (QED) is 0.483. The van der Waals surface area contributed by atoms with E-state index in [0.29, 0.717) is 28.3 Å². The van der Waals surface area contributed by atoms with Gasteiger partial charge in [-0.15, -0.1) is 0 Å². The molecule has 0 spiro atoms. The lowest BCUT2D eigenvalue weighted by Gasteiger charge is -2.07. The number of aromatic nitrogens is 3. The number of rotatable bonds is 6. The Hall–Kier alpha value is -3.72. The molecule has 2 aromatic carbocycles. The van der Waals surface area contributed by atoms with Crippen LogP contribution in [0.1, 0.15) is 5.82 Å². The Morgan fingerprint density at radius 1 is 1.14 bits per heavy atom. The van der Waals surface area contributed by atoms with Gasteiger partial charge in [0.15, 0.2) is 17.3 Å². The van der Waals surface area contributed by atoms with E-state index in [9.17, 15) is 13.6 Å². The van der Waals surface area contributed by atoms with Crippen LogP contribution < -0.4 is 15.8 Å². The summed E-state index contributed by atoms with van der Waals surface area (Å²) in [6, 6.07) is 11.5. The summed E-state index contributed by atoms with van der Waals surface area (Å²) in [6.07, 6.45) is 1.63. The topological polar surface area (TPSA) is 81.2 Å². The summed E-state index contributed by atoms with van der Waals surface area (Å²) < 4.78 is 34.1. The van der Waals surface area contributed by atoms with Crippen LogP contribution in [0.4, 0.5) is 14.5 Å². The zero-order valence-electron chi connectivity index (χ0n) is 15.3. The molecule has 0 saturated heterocycles. The van der Waals surface area contributed by atoms with Crippen LogP contribution in [0.25, 0.3) is 11.0 Å². The second kappa shape index (κ2) is 7.72. The summed E-state index contributed by atoms with van der Waals surface area (Å²) in [4.78, 5) is 24.8. The molecule has 29 heavy (non-hydrogen) atoms. The molecule has 0 aliphatic rings. The molecular weight excluding hydrogens is 382 g/mol. The van der Waals surface area contributed by atoms with Crippen LogP contribution in [0.2, 0.25) is 0 Å². The van der Waals surface area contributed by atoms with Crippen molar-refractivity contribution in [3.63, 3.8) is 0 Å². The van der Waals surface area contributed by atoms with Crippen LogP contribution in [0, 0.1) is 11.6 Å². The zero-order valence-corrected chi connectivity index (χ0v) is 15.3. The molecule has 4 rings (SSSR count). The van der Waals surface area contributed by atoms with Crippen molar-refractivity contribution in [2.45, 2.75) is 6.54 Å². The Balaban J connectivity index is 1.66. The molecule has 2 N–H and O–H groups in total. The van der Waals surface area contributed by atoms with E-state index in [0.717, 1.165) is 12.1 Å². The number of hydrogen-bond donors (Lipinski definition) is 2. The summed E-state index contributed by atoms with van der Waals surface area (Å²) in [5.41, 5.74) is 3.66. The number of nitrogens with one attached hydrogen (secondary N) is 2. The van der Waals surface area contributed by atoms with Crippen LogP contribution in [0.5, 0.6) is 11.5 Å². The summed E-state index contributed by atoms with van der Waals surface area (Å²) in [5.74, 6) is -0.805. The van der Waals surface area contributed by atoms with E-state index in [1.54, 1.807) is 36.5 Å². The van der Waals surface area contributed by atoms with Crippen LogP contribution in [-0.4, -0.2) is 21.6 Å². The minimum absolute atomic E-state index is 0.113. The summed E-state index contributed by atoms with van der Waals surface area (Å²) in [5, 5.41) is 0. The van der Waals surface area contributed by atoms with Crippen molar-refractivity contribution in [2.75, 3.05) is 12.6 Å². The fraction of sp³-hybridized carbons (Fsp3) is 0.100. The standard InChI is InChI=1S/C20H16F2N4O3/c1-28-25-15-5-3-9-26(20(15)27)11-18-23-14-4-2-6-17(19(14)24-18)29-16-8-7-12(21)10-13(16)22/h2-10,25H,11H2,1H3,(H,23,24). The first-order valence-corrected chi connectivity index (χ1v) is 8.64. The van der Waals surface area contributed by atoms with Crippen LogP contribution in [0.15, 0.2) is 59.5 Å². The Labute approximate surface area is 163 Å². The van der Waals surface area contributed by atoms with Gasteiger partial charge in [-0.2, -0.15) is 0 Å². The number of hydrogen-bond acceptors (Lipinski definition) is 5. The molecule has 148 valence electrons. The molecule has 2 heterocycles. The molecule has 4 aromatic rings. The normalized spacial score (nSPS) is 11.0. The van der Waals surface area contributed by atoms with Gasteiger partial charge in [-0.1, -0.05) is 6.07 Å². The van der Waals surface area contributed by atoms with Gasteiger partial charge in [0.2, 0.25) is 0 Å². The molecule has 7 nitrogen and oxygen atoms in total. The fourth-order valence-electron chi connectivity index (χ4n) is 2.90. The number of benzene rings is 2. The van der Waals surface area contributed by atoms with Gasteiger partial charge < -0.3 is 14.3 Å². The van der Waals surface area contributed by atoms with E-state index in [1.807, 2.05) is 0 Å². The van der Waals surface area contributed by atoms with Crippen molar-refractivity contribution < 1.29 is 18.4 Å². The van der Waals surface area contributed by atoms with Gasteiger partial charge in [-0.3, -0.25) is 15.1 Å². The fourth-order valence-corrected chi connectivity index (χ4v) is 2.90. The maximum Gasteiger partial charge on any atom is 0.276 e. The van der Waals surface area contributed by atoms with Crippen molar-refractivity contribution in [1.29, 1.82) is 0 Å². The molecule has 0 fully saturated rings. The average molecular weight is 398 g/mol. The molecule has 0 bridgehead atoms. The lowest BCUT2D eigenvalue weighted by molar-refractivity contribution is 0.270. The first-order valence-electron chi connectivity index (χ1n) is 8.64. The average Bonchev–Trinajstić information content (AvgIpc) is 3.11. The Bertz CT molecular complexity index is 1240. The predicted molar refractivity (Wildman–Crippen MR) is 103 cm³/mol. The van der Waals surface area contributed by atoms with Gasteiger partial charge in [-0.25, -0.2) is 13.8 Å². The third kappa shape index (κ3) is 3.81. The Kier molecular flexibility index (Phi) is 4.96. The van der Waals surface area contributed by atoms with Gasteiger partial charge in [0.1, 0.15) is 22.8 Å². The van der Waals surface area contributed by atoms with E-state index in [1.165, 1.54) is 17.7 Å². The number of fused-ring (bicyclic) bond motifs is 1.